The Labute approximate surface area is 630 Å². The molecule has 0 aliphatic heterocycles. The summed E-state index contributed by atoms with van der Waals surface area (Å²) in [7, 11) is 4.21. The molecule has 0 amide bonds. The number of aromatic amines is 1. The van der Waals surface area contributed by atoms with Crippen molar-refractivity contribution in [3.05, 3.63) is 345 Å². The number of benzene rings is 8. The Morgan fingerprint density at radius 2 is 0.783 bits per heavy atom. The first-order valence-corrected chi connectivity index (χ1v) is 34.5. The molecule has 0 aliphatic rings. The number of phenols is 1. The summed E-state index contributed by atoms with van der Waals surface area (Å²) in [5.74, 6) is -0.499. The maximum Gasteiger partial charge on any atom is 0.416 e. The molecule has 0 bridgehead atoms. The molecule has 546 valence electrons. The molecule has 20 nitrogen and oxygen atoms in total. The van der Waals surface area contributed by atoms with E-state index in [0.717, 1.165) is 71.1 Å². The van der Waals surface area contributed by atoms with Crippen LogP contribution in [0.4, 0.5) is 26.3 Å². The second-order valence-corrected chi connectivity index (χ2v) is 25.9. The topological polar surface area (TPSA) is 226 Å². The van der Waals surface area contributed by atoms with Crippen molar-refractivity contribution in [3.8, 4) is 17.5 Å². The smallest absolute Gasteiger partial charge is 0.416 e. The molecule has 0 unspecified atom stereocenters. The standard InChI is InChI=1S/C27H20ClF3N4O3.C20H16Cl2N4O2.C13H10Cl2N4O2.C7H7Br.C7H5F3O/c1-33-24(36)22-23(35(26(33)37)16-17-6-3-2-4-7-17)32-25(34(22)15-18-10-12-20(28)13-11-18)38-21-9-5-8-19(14-21)27(29,30)31;1-24-18(27)16-17(26(20(24)28)12-13-5-3-2-4-6-13)23-19(22)25(16)11-14-7-9-15(21)10-8-14;1-18-11(20)9-10(17-13(18)21)16-12(15)19(9)6-7-2-4-8(14)5-3-7;8-6-7-4-2-1-3-5-7;8-7(9,10)5-2-1-3-6(11)4-5/h2-14H,15-16H2,1H3;2-10H,11-12H2,1H3;2-5H,6H2,1H3,(H,17,21);1-5H,6H2;1-4,11H. The number of nitrogens with one attached hydrogen (secondary N) is 1. The number of hydrogen-bond donors (Lipinski definition) is 2. The van der Waals surface area contributed by atoms with Gasteiger partial charge in [0, 0.05) is 41.5 Å². The third kappa shape index (κ3) is 18.9. The van der Waals surface area contributed by atoms with Gasteiger partial charge in [-0.25, -0.2) is 14.4 Å². The highest BCUT2D eigenvalue weighted by molar-refractivity contribution is 9.08. The Morgan fingerprint density at radius 3 is 1.21 bits per heavy atom. The highest BCUT2D eigenvalue weighted by atomic mass is 79.9. The zero-order valence-electron chi connectivity index (χ0n) is 55.7. The van der Waals surface area contributed by atoms with Crippen molar-refractivity contribution in [1.29, 1.82) is 0 Å². The van der Waals surface area contributed by atoms with Crippen LogP contribution < -0.4 is 38.5 Å². The van der Waals surface area contributed by atoms with Crippen LogP contribution in [0, 0.1) is 0 Å². The molecule has 14 rings (SSSR count). The fourth-order valence-electron chi connectivity index (χ4n) is 10.6. The number of phenolic OH excluding ortho intramolecular Hbond substituents is 1. The van der Waals surface area contributed by atoms with Crippen molar-refractivity contribution in [2.24, 2.45) is 21.1 Å². The number of imidazole rings is 3. The molecule has 106 heavy (non-hydrogen) atoms. The first-order valence-electron chi connectivity index (χ1n) is 31.5. The lowest BCUT2D eigenvalue weighted by atomic mass is 10.2. The number of H-pyrrole nitrogens is 1. The Balaban J connectivity index is 0.000000155. The highest BCUT2D eigenvalue weighted by Crippen LogP contribution is 2.34. The number of halogens is 12. The first-order chi connectivity index (χ1) is 50.5. The van der Waals surface area contributed by atoms with Gasteiger partial charge >= 0.3 is 35.4 Å². The average molecular weight is 1610 g/mol. The van der Waals surface area contributed by atoms with Crippen molar-refractivity contribution in [3.63, 3.8) is 0 Å². The fraction of sp³-hybridized carbons (Fsp3) is 0.149. The van der Waals surface area contributed by atoms with Crippen LogP contribution in [-0.4, -0.2) is 61.6 Å². The summed E-state index contributed by atoms with van der Waals surface area (Å²) in [5, 5.41) is 11.7. The summed E-state index contributed by atoms with van der Waals surface area (Å²) < 4.78 is 91.8. The molecule has 2 N–H and O–H groups in total. The zero-order valence-corrected chi connectivity index (χ0v) is 61.1. The molecular weight excluding hydrogens is 1560 g/mol. The van der Waals surface area contributed by atoms with Crippen LogP contribution in [-0.2, 0) is 71.5 Å². The van der Waals surface area contributed by atoms with Gasteiger partial charge in [0.05, 0.1) is 43.9 Å². The number of alkyl halides is 7. The van der Waals surface area contributed by atoms with Gasteiger partial charge in [0.25, 0.3) is 16.7 Å². The summed E-state index contributed by atoms with van der Waals surface area (Å²) in [5.41, 5.74) is 1.95. The Bertz CT molecular complexity index is 5830. The molecule has 0 saturated carbocycles. The Hall–Kier alpha value is -10.7. The van der Waals surface area contributed by atoms with Crippen molar-refractivity contribution in [2.75, 3.05) is 0 Å². The van der Waals surface area contributed by atoms with Crippen LogP contribution in [0.2, 0.25) is 25.6 Å². The normalized spacial score (nSPS) is 11.3. The number of aromatic hydroxyl groups is 1. The van der Waals surface area contributed by atoms with E-state index in [0.29, 0.717) is 40.8 Å². The molecule has 0 saturated heterocycles. The molecular formula is C74H58BrCl5F6N12O8. The van der Waals surface area contributed by atoms with E-state index >= 15 is 0 Å². The summed E-state index contributed by atoms with van der Waals surface area (Å²) in [6.45, 7) is 1.18. The van der Waals surface area contributed by atoms with E-state index in [9.17, 15) is 55.1 Å². The average Bonchev–Trinajstić information content (AvgIpc) is 1.62. The van der Waals surface area contributed by atoms with Crippen LogP contribution in [0.25, 0.3) is 33.5 Å². The summed E-state index contributed by atoms with van der Waals surface area (Å²) in [4.78, 5) is 91.2. The molecule has 6 aromatic heterocycles. The second kappa shape index (κ2) is 34.0. The number of rotatable bonds is 13. The van der Waals surface area contributed by atoms with Crippen LogP contribution in [0.15, 0.2) is 241 Å². The summed E-state index contributed by atoms with van der Waals surface area (Å²) in [6.07, 6.45) is -8.95. The molecule has 32 heteroatoms. The minimum absolute atomic E-state index is 0.0536. The molecule has 0 atom stereocenters. The van der Waals surface area contributed by atoms with Gasteiger partial charge in [-0.2, -0.15) is 41.3 Å². The second-order valence-electron chi connectivity index (χ2n) is 23.4. The SMILES string of the molecule is BrCc1ccccc1.Cn1c(=O)[nH]c2nc(Cl)n(Cc3ccc(Cl)cc3)c2c1=O.Cn1c(=O)c2c(nc(Cl)n2Cc2ccc(Cl)cc2)n(Cc2ccccc2)c1=O.Cn1c(=O)c2c(nc(Oc3cccc(C(F)(F)F)c3)n2Cc2ccc(Cl)cc2)n(Cc2ccccc2)c1=O.Oc1cccc(C(F)(F)F)c1. The molecule has 8 aromatic carbocycles. The van der Waals surface area contributed by atoms with Gasteiger partial charge in [-0.3, -0.25) is 46.8 Å². The van der Waals surface area contributed by atoms with Gasteiger partial charge in [-0.1, -0.05) is 190 Å². The number of fused-ring (bicyclic) bond motifs is 3. The van der Waals surface area contributed by atoms with Crippen molar-refractivity contribution >= 4 is 107 Å². The predicted octanol–water partition coefficient (Wildman–Crippen LogP) is 15.5. The maximum absolute atomic E-state index is 13.3. The largest absolute Gasteiger partial charge is 0.508 e. The minimum Gasteiger partial charge on any atom is -0.508 e. The van der Waals surface area contributed by atoms with E-state index in [4.69, 9.17) is 67.8 Å². The Kier molecular flexibility index (Phi) is 25.0. The lowest BCUT2D eigenvalue weighted by molar-refractivity contribution is -0.138. The van der Waals surface area contributed by atoms with Crippen LogP contribution in [0.3, 0.4) is 0 Å². The van der Waals surface area contributed by atoms with E-state index in [1.807, 2.05) is 103 Å². The fourth-order valence-corrected chi connectivity index (χ4v) is 11.8. The van der Waals surface area contributed by atoms with E-state index in [1.165, 1.54) is 58.6 Å². The molecule has 0 fully saturated rings. The maximum atomic E-state index is 13.3. The van der Waals surface area contributed by atoms with Crippen LogP contribution in [0.1, 0.15) is 44.5 Å². The quantitative estimate of drug-likeness (QED) is 0.0627. The molecule has 0 radical (unpaired) electrons. The van der Waals surface area contributed by atoms with E-state index in [2.05, 4.69) is 48.0 Å². The first kappa shape index (κ1) is 77.9. The van der Waals surface area contributed by atoms with Crippen LogP contribution in [0.5, 0.6) is 17.5 Å². The van der Waals surface area contributed by atoms with Crippen molar-refractivity contribution < 1.29 is 36.2 Å². The van der Waals surface area contributed by atoms with E-state index < -0.39 is 57.2 Å². The third-order valence-electron chi connectivity index (χ3n) is 16.0. The predicted molar refractivity (Wildman–Crippen MR) is 401 cm³/mol. The van der Waals surface area contributed by atoms with Crippen molar-refractivity contribution in [1.82, 2.24) is 56.5 Å². The number of hydrogen-bond acceptors (Lipinski definition) is 11. The lowest BCUT2D eigenvalue weighted by Gasteiger charge is -2.12. The van der Waals surface area contributed by atoms with Gasteiger partial charge in [0.2, 0.25) is 10.6 Å². The monoisotopic (exact) mass is 1610 g/mol. The van der Waals surface area contributed by atoms with E-state index in [-0.39, 0.29) is 74.7 Å². The summed E-state index contributed by atoms with van der Waals surface area (Å²) in [6, 6.07) is 58.3. The van der Waals surface area contributed by atoms with Gasteiger partial charge in [-0.15, -0.1) is 0 Å². The number of aromatic nitrogens is 12. The zero-order chi connectivity index (χ0) is 76.3. The van der Waals surface area contributed by atoms with Crippen LogP contribution >= 0.6 is 73.9 Å². The highest BCUT2D eigenvalue weighted by Gasteiger charge is 2.32. The van der Waals surface area contributed by atoms with Crippen molar-refractivity contribution in [2.45, 2.75) is 50.4 Å². The molecule has 0 aliphatic carbocycles. The Morgan fingerprint density at radius 1 is 0.415 bits per heavy atom. The molecule has 6 heterocycles. The number of ether oxygens (including phenoxy) is 1. The van der Waals surface area contributed by atoms with Gasteiger partial charge in [0.15, 0.2) is 33.5 Å². The van der Waals surface area contributed by atoms with Gasteiger partial charge in [0.1, 0.15) is 11.5 Å². The van der Waals surface area contributed by atoms with E-state index in [1.54, 1.807) is 57.7 Å². The van der Waals surface area contributed by atoms with Gasteiger partial charge < -0.3 is 19.0 Å². The van der Waals surface area contributed by atoms with Gasteiger partial charge in [-0.05, 0) is 129 Å². The third-order valence-corrected chi connectivity index (χ3v) is 18.0. The number of nitrogens with zero attached hydrogens (tertiary/aromatic N) is 11. The molecule has 14 aromatic rings. The minimum atomic E-state index is -4.57. The summed E-state index contributed by atoms with van der Waals surface area (Å²) >= 11 is 33.6. The lowest BCUT2D eigenvalue weighted by Crippen LogP contribution is -2.39. The molecule has 0 spiro atoms.